The minimum Gasteiger partial charge on any atom is -0.371 e. The molecule has 3 aromatic rings. The molecule has 2 fully saturated rings. The number of nitrogens with zero attached hydrogens (tertiary/aromatic N) is 6. The van der Waals surface area contributed by atoms with Crippen molar-refractivity contribution in [3.05, 3.63) is 57.3 Å². The molecule has 4 heterocycles. The summed E-state index contributed by atoms with van der Waals surface area (Å²) < 4.78 is 23.1. The molecular weight excluding hydrogens is 411 g/mol. The summed E-state index contributed by atoms with van der Waals surface area (Å²) in [5.74, 6) is -0.499. The van der Waals surface area contributed by atoms with Crippen LogP contribution in [0.2, 0.25) is 5.02 Å². The van der Waals surface area contributed by atoms with Crippen molar-refractivity contribution in [1.82, 2.24) is 24.8 Å². The Morgan fingerprint density at radius 3 is 2.83 bits per heavy atom. The largest absolute Gasteiger partial charge is 0.371 e. The molecule has 2 saturated heterocycles. The molecule has 0 unspecified atom stereocenters. The predicted octanol–water partition coefficient (Wildman–Crippen LogP) is 2.25. The molecule has 0 aliphatic carbocycles. The Morgan fingerprint density at radius 1 is 1.30 bits per heavy atom. The van der Waals surface area contributed by atoms with Crippen LogP contribution < -0.4 is 10.5 Å². The van der Waals surface area contributed by atoms with Crippen LogP contribution >= 0.6 is 11.6 Å². The van der Waals surface area contributed by atoms with Gasteiger partial charge in [-0.1, -0.05) is 16.8 Å². The van der Waals surface area contributed by atoms with Crippen LogP contribution in [0.15, 0.2) is 35.3 Å². The predicted molar refractivity (Wildman–Crippen MR) is 109 cm³/mol. The van der Waals surface area contributed by atoms with Gasteiger partial charge in [0.05, 0.1) is 24.1 Å². The van der Waals surface area contributed by atoms with Crippen molar-refractivity contribution in [2.75, 3.05) is 24.6 Å². The lowest BCUT2D eigenvalue weighted by Crippen LogP contribution is -2.61. The van der Waals surface area contributed by atoms with Gasteiger partial charge in [0, 0.05) is 43.4 Å². The first-order valence-electron chi connectivity index (χ1n) is 9.74. The molecule has 5 rings (SSSR count). The Labute approximate surface area is 176 Å². The van der Waals surface area contributed by atoms with Crippen molar-refractivity contribution < 1.29 is 9.13 Å². The lowest BCUT2D eigenvalue weighted by atomic mass is 9.90. The fourth-order valence-electron chi connectivity index (χ4n) is 4.14. The molecule has 1 spiro atoms. The van der Waals surface area contributed by atoms with Gasteiger partial charge < -0.3 is 9.64 Å². The van der Waals surface area contributed by atoms with Crippen LogP contribution in [0.3, 0.4) is 0 Å². The zero-order valence-corrected chi connectivity index (χ0v) is 17.1. The fourth-order valence-corrected chi connectivity index (χ4v) is 4.30. The van der Waals surface area contributed by atoms with Crippen LogP contribution in [0, 0.1) is 5.82 Å². The van der Waals surface area contributed by atoms with Gasteiger partial charge in [0.1, 0.15) is 17.1 Å². The minimum absolute atomic E-state index is 0.0488. The Morgan fingerprint density at radius 2 is 2.13 bits per heavy atom. The second-order valence-electron chi connectivity index (χ2n) is 7.83. The quantitative estimate of drug-likeness (QED) is 0.631. The average Bonchev–Trinajstić information content (AvgIpc) is 3.30. The van der Waals surface area contributed by atoms with E-state index in [0.29, 0.717) is 16.4 Å². The van der Waals surface area contributed by atoms with Gasteiger partial charge in [-0.3, -0.25) is 4.79 Å². The van der Waals surface area contributed by atoms with Crippen molar-refractivity contribution in [3.63, 3.8) is 0 Å². The third-order valence-electron chi connectivity index (χ3n) is 5.79. The molecule has 1 aromatic carbocycles. The highest BCUT2D eigenvalue weighted by Gasteiger charge is 2.46. The summed E-state index contributed by atoms with van der Waals surface area (Å²) in [7, 11) is 1.69. The standard InChI is InChI=1S/C20H20ClFN6O2/c1-26-17(19(24-25-26)15-4-3-13(21)7-16(15)22)10-28-18(29)8-14(9-23-28)27-11-20(12-27)5-2-6-30-20/h3-4,7-9H,2,5-6,10-12H2,1H3. The second-order valence-corrected chi connectivity index (χ2v) is 8.27. The maximum atomic E-state index is 14.4. The molecule has 0 radical (unpaired) electrons. The number of benzene rings is 1. The van der Waals surface area contributed by atoms with Crippen molar-refractivity contribution >= 4 is 17.3 Å². The van der Waals surface area contributed by atoms with Crippen LogP contribution in [-0.2, 0) is 18.3 Å². The molecule has 0 amide bonds. The smallest absolute Gasteiger partial charge is 0.269 e. The Bertz CT molecular complexity index is 1160. The number of rotatable bonds is 4. The summed E-state index contributed by atoms with van der Waals surface area (Å²) >= 11 is 5.85. The molecule has 30 heavy (non-hydrogen) atoms. The van der Waals surface area contributed by atoms with E-state index in [1.54, 1.807) is 31.4 Å². The van der Waals surface area contributed by atoms with E-state index < -0.39 is 5.82 Å². The van der Waals surface area contributed by atoms with Crippen LogP contribution in [-0.4, -0.2) is 50.1 Å². The highest BCUT2D eigenvalue weighted by atomic mass is 35.5. The normalized spacial score (nSPS) is 17.5. The van der Waals surface area contributed by atoms with E-state index >= 15 is 0 Å². The summed E-state index contributed by atoms with van der Waals surface area (Å²) in [4.78, 5) is 14.8. The van der Waals surface area contributed by atoms with Crippen molar-refractivity contribution in [1.29, 1.82) is 0 Å². The van der Waals surface area contributed by atoms with E-state index in [0.717, 1.165) is 38.2 Å². The molecule has 0 saturated carbocycles. The molecule has 156 valence electrons. The average molecular weight is 431 g/mol. The van der Waals surface area contributed by atoms with Crippen molar-refractivity contribution in [3.8, 4) is 11.3 Å². The first kappa shape index (κ1) is 19.2. The number of aryl methyl sites for hydroxylation is 1. The first-order chi connectivity index (χ1) is 14.4. The zero-order chi connectivity index (χ0) is 20.9. The number of ether oxygens (including phenoxy) is 1. The van der Waals surface area contributed by atoms with E-state index in [1.807, 2.05) is 0 Å². The zero-order valence-electron chi connectivity index (χ0n) is 16.4. The first-order valence-corrected chi connectivity index (χ1v) is 10.1. The minimum atomic E-state index is -0.499. The summed E-state index contributed by atoms with van der Waals surface area (Å²) in [6.07, 6.45) is 3.82. The van der Waals surface area contributed by atoms with Crippen LogP contribution in [0.4, 0.5) is 10.1 Å². The van der Waals surface area contributed by atoms with Crippen LogP contribution in [0.1, 0.15) is 18.5 Å². The van der Waals surface area contributed by atoms with E-state index in [9.17, 15) is 9.18 Å². The van der Waals surface area contributed by atoms with Crippen molar-refractivity contribution in [2.24, 2.45) is 7.05 Å². The number of halogens is 2. The van der Waals surface area contributed by atoms with Crippen molar-refractivity contribution in [2.45, 2.75) is 25.0 Å². The molecule has 0 N–H and O–H groups in total. The van der Waals surface area contributed by atoms with Crippen LogP contribution in [0.5, 0.6) is 0 Å². The highest BCUT2D eigenvalue weighted by Crippen LogP contribution is 2.37. The molecule has 8 nitrogen and oxygen atoms in total. The number of hydrogen-bond acceptors (Lipinski definition) is 6. The summed E-state index contributed by atoms with van der Waals surface area (Å²) in [6, 6.07) is 5.93. The van der Waals surface area contributed by atoms with Gasteiger partial charge in [-0.15, -0.1) is 5.10 Å². The Balaban J connectivity index is 1.39. The molecule has 2 aliphatic rings. The summed E-state index contributed by atoms with van der Waals surface area (Å²) in [5, 5.41) is 12.7. The van der Waals surface area contributed by atoms with Gasteiger partial charge in [0.2, 0.25) is 0 Å². The van der Waals surface area contributed by atoms with Gasteiger partial charge in [-0.25, -0.2) is 13.8 Å². The molecule has 2 aromatic heterocycles. The van der Waals surface area contributed by atoms with Gasteiger partial charge in [-0.05, 0) is 31.0 Å². The third kappa shape index (κ3) is 3.27. The molecule has 10 heteroatoms. The molecule has 0 bridgehead atoms. The Hall–Kier alpha value is -2.78. The monoisotopic (exact) mass is 430 g/mol. The maximum Gasteiger partial charge on any atom is 0.269 e. The van der Waals surface area contributed by atoms with Gasteiger partial charge >= 0.3 is 0 Å². The van der Waals surface area contributed by atoms with E-state index in [4.69, 9.17) is 16.3 Å². The third-order valence-corrected chi connectivity index (χ3v) is 6.03. The second kappa shape index (κ2) is 7.17. The lowest BCUT2D eigenvalue weighted by Gasteiger charge is -2.48. The topological polar surface area (TPSA) is 78.1 Å². The SMILES string of the molecule is Cn1nnc(-c2ccc(Cl)cc2F)c1Cn1ncc(N2CC3(CCCO3)C2)cc1=O. The number of aromatic nitrogens is 5. The maximum absolute atomic E-state index is 14.4. The summed E-state index contributed by atoms with van der Waals surface area (Å²) in [5.41, 5.74) is 1.68. The van der Waals surface area contributed by atoms with Gasteiger partial charge in [0.15, 0.2) is 0 Å². The van der Waals surface area contributed by atoms with E-state index in [2.05, 4.69) is 20.3 Å². The molecule has 2 aliphatic heterocycles. The lowest BCUT2D eigenvalue weighted by molar-refractivity contribution is -0.0181. The summed E-state index contributed by atoms with van der Waals surface area (Å²) in [6.45, 7) is 2.49. The Kier molecular flexibility index (Phi) is 4.59. The molecule has 0 atom stereocenters. The number of hydrogen-bond donors (Lipinski definition) is 0. The number of anilines is 1. The van der Waals surface area contributed by atoms with E-state index in [1.165, 1.54) is 15.4 Å². The van der Waals surface area contributed by atoms with Crippen LogP contribution in [0.25, 0.3) is 11.3 Å². The highest BCUT2D eigenvalue weighted by molar-refractivity contribution is 6.30. The fraction of sp³-hybridized carbons (Fsp3) is 0.400. The molecular formula is C20H20ClFN6O2. The van der Waals surface area contributed by atoms with Gasteiger partial charge in [0.25, 0.3) is 5.56 Å². The van der Waals surface area contributed by atoms with Gasteiger partial charge in [-0.2, -0.15) is 5.10 Å². The van der Waals surface area contributed by atoms with E-state index in [-0.39, 0.29) is 23.3 Å².